The number of hydrogen-bond acceptors (Lipinski definition) is 5. The predicted molar refractivity (Wildman–Crippen MR) is 97.4 cm³/mol. The molecule has 0 atom stereocenters. The fourth-order valence-corrected chi connectivity index (χ4v) is 4.74. The zero-order chi connectivity index (χ0) is 15.9. The van der Waals surface area contributed by atoms with E-state index in [0.29, 0.717) is 5.75 Å². The third kappa shape index (κ3) is 4.73. The number of carbonyl (C=O) groups excluding carboxylic acids is 1. The molecule has 1 aromatic heterocycles. The molecule has 118 valence electrons. The molecule has 0 fully saturated rings. The second kappa shape index (κ2) is 8.56. The van der Waals surface area contributed by atoms with Gasteiger partial charge in [0.05, 0.1) is 5.92 Å². The van der Waals surface area contributed by atoms with Gasteiger partial charge in [0.15, 0.2) is 0 Å². The minimum absolute atomic E-state index is 0.0107. The Bertz CT molecular complexity index is 649. The van der Waals surface area contributed by atoms with E-state index in [4.69, 9.17) is 17.0 Å². The number of benzene rings is 1. The number of hydrogen-bond donors (Lipinski definition) is 0. The fourth-order valence-electron chi connectivity index (χ4n) is 2.34. The quantitative estimate of drug-likeness (QED) is 0.252. The molecule has 0 spiro atoms. The number of ether oxygens (including phenoxy) is 1. The summed E-state index contributed by atoms with van der Waals surface area (Å²) in [6.07, 6.45) is 3.79. The van der Waals surface area contributed by atoms with Crippen LogP contribution in [0.15, 0.2) is 30.3 Å². The Kier molecular flexibility index (Phi) is 6.73. The van der Waals surface area contributed by atoms with Crippen molar-refractivity contribution in [2.45, 2.75) is 39.5 Å². The van der Waals surface area contributed by atoms with E-state index >= 15 is 0 Å². The van der Waals surface area contributed by atoms with Crippen LogP contribution in [0, 0.1) is 9.74 Å². The highest BCUT2D eigenvalue weighted by Crippen LogP contribution is 2.30. The van der Waals surface area contributed by atoms with Gasteiger partial charge in [0, 0.05) is 4.88 Å². The molecular formula is C17H20O2S3. The van der Waals surface area contributed by atoms with E-state index in [-0.39, 0.29) is 11.9 Å². The highest BCUT2D eigenvalue weighted by Gasteiger charge is 2.18. The van der Waals surface area contributed by atoms with E-state index in [1.54, 1.807) is 20.7 Å². The van der Waals surface area contributed by atoms with Gasteiger partial charge in [-0.2, -0.15) is 0 Å². The lowest BCUT2D eigenvalue weighted by atomic mass is 9.99. The summed E-state index contributed by atoms with van der Waals surface area (Å²) in [7, 11) is 3.27. The normalized spacial score (nSPS) is 10.9. The molecule has 2 nitrogen and oxygen atoms in total. The van der Waals surface area contributed by atoms with Crippen molar-refractivity contribution in [2.75, 3.05) is 0 Å². The molecule has 2 aromatic rings. The Morgan fingerprint density at radius 1 is 1.14 bits per heavy atom. The van der Waals surface area contributed by atoms with E-state index in [9.17, 15) is 4.79 Å². The topological polar surface area (TPSA) is 26.3 Å². The van der Waals surface area contributed by atoms with Gasteiger partial charge >= 0.3 is 5.97 Å². The van der Waals surface area contributed by atoms with Crippen LogP contribution in [-0.4, -0.2) is 5.97 Å². The van der Waals surface area contributed by atoms with E-state index in [2.05, 4.69) is 13.8 Å². The first-order valence-electron chi connectivity index (χ1n) is 7.56. The van der Waals surface area contributed by atoms with Gasteiger partial charge in [-0.15, -0.1) is 0 Å². The van der Waals surface area contributed by atoms with Crippen molar-refractivity contribution in [2.24, 2.45) is 5.92 Å². The highest BCUT2D eigenvalue weighted by atomic mass is 32.9. The molecule has 1 aromatic carbocycles. The fraction of sp³-hybridized carbons (Fsp3) is 0.412. The molecule has 5 heteroatoms. The molecule has 0 aliphatic heterocycles. The Balaban J connectivity index is 2.04. The maximum absolute atomic E-state index is 12.2. The van der Waals surface area contributed by atoms with Crippen molar-refractivity contribution in [1.29, 1.82) is 0 Å². The Labute approximate surface area is 144 Å². The standard InChI is InChI=1S/C17H20O2S3/c1-3-5-13(6-4-2)17(18)19-14-9-7-12(8-10-14)15-11-16(20)22-21-15/h7-11,13H,3-6H2,1-2H3. The molecule has 0 bridgehead atoms. The monoisotopic (exact) mass is 352 g/mol. The first kappa shape index (κ1) is 17.3. The summed E-state index contributed by atoms with van der Waals surface area (Å²) < 4.78 is 6.42. The predicted octanol–water partition coefficient (Wildman–Crippen LogP) is 6.33. The highest BCUT2D eigenvalue weighted by molar-refractivity contribution is 7.80. The lowest BCUT2D eigenvalue weighted by Gasteiger charge is -2.14. The molecule has 0 unspecified atom stereocenters. The maximum Gasteiger partial charge on any atom is 0.314 e. The molecule has 0 saturated heterocycles. The number of rotatable bonds is 7. The van der Waals surface area contributed by atoms with Crippen molar-refractivity contribution >= 4 is 38.9 Å². The molecule has 0 N–H and O–H groups in total. The maximum atomic E-state index is 12.2. The second-order valence-corrected chi connectivity index (χ2v) is 8.13. The minimum atomic E-state index is -0.109. The molecular weight excluding hydrogens is 332 g/mol. The van der Waals surface area contributed by atoms with Crippen molar-refractivity contribution < 1.29 is 9.53 Å². The third-order valence-corrected chi connectivity index (χ3v) is 6.34. The summed E-state index contributed by atoms with van der Waals surface area (Å²) in [6, 6.07) is 9.67. The average molecular weight is 353 g/mol. The Morgan fingerprint density at radius 2 is 1.77 bits per heavy atom. The van der Waals surface area contributed by atoms with E-state index < -0.39 is 0 Å². The summed E-state index contributed by atoms with van der Waals surface area (Å²) >= 11 is 5.15. The van der Waals surface area contributed by atoms with Crippen LogP contribution >= 0.6 is 32.9 Å². The Hall–Kier alpha value is -1.04. The molecule has 0 saturated carbocycles. The molecule has 0 aliphatic carbocycles. The van der Waals surface area contributed by atoms with E-state index in [1.165, 1.54) is 0 Å². The lowest BCUT2D eigenvalue weighted by molar-refractivity contribution is -0.139. The van der Waals surface area contributed by atoms with Gasteiger partial charge in [-0.1, -0.05) is 59.6 Å². The van der Waals surface area contributed by atoms with Crippen molar-refractivity contribution in [3.63, 3.8) is 0 Å². The summed E-state index contributed by atoms with van der Waals surface area (Å²) in [6.45, 7) is 4.19. The molecule has 0 amide bonds. The van der Waals surface area contributed by atoms with Crippen LogP contribution in [0.25, 0.3) is 10.4 Å². The minimum Gasteiger partial charge on any atom is -0.426 e. The lowest BCUT2D eigenvalue weighted by Crippen LogP contribution is -2.20. The molecule has 22 heavy (non-hydrogen) atoms. The van der Waals surface area contributed by atoms with Gasteiger partial charge in [-0.3, -0.25) is 4.79 Å². The SMILES string of the molecule is CCCC(CCC)C(=O)Oc1ccc(-c2cc(=S)ss2)cc1. The molecule has 0 aliphatic rings. The first-order valence-corrected chi connectivity index (χ1v) is 10.1. The zero-order valence-electron chi connectivity index (χ0n) is 12.8. The number of esters is 1. The van der Waals surface area contributed by atoms with Gasteiger partial charge in [-0.05, 0) is 48.7 Å². The van der Waals surface area contributed by atoms with Crippen LogP contribution < -0.4 is 4.74 Å². The van der Waals surface area contributed by atoms with Gasteiger partial charge in [-0.25, -0.2) is 0 Å². The van der Waals surface area contributed by atoms with Crippen molar-refractivity contribution in [3.8, 4) is 16.2 Å². The van der Waals surface area contributed by atoms with Crippen LogP contribution in [-0.2, 0) is 4.79 Å². The van der Waals surface area contributed by atoms with E-state index in [0.717, 1.165) is 39.9 Å². The van der Waals surface area contributed by atoms with Gasteiger partial charge in [0.25, 0.3) is 0 Å². The third-order valence-electron chi connectivity index (χ3n) is 3.43. The van der Waals surface area contributed by atoms with Gasteiger partial charge < -0.3 is 4.74 Å². The molecule has 1 heterocycles. The molecule has 0 radical (unpaired) electrons. The number of carbonyl (C=O) groups is 1. The van der Waals surface area contributed by atoms with Crippen LogP contribution in [0.1, 0.15) is 39.5 Å². The van der Waals surface area contributed by atoms with Crippen molar-refractivity contribution in [3.05, 3.63) is 34.2 Å². The smallest absolute Gasteiger partial charge is 0.314 e. The van der Waals surface area contributed by atoms with Gasteiger partial charge in [0.1, 0.15) is 9.57 Å². The zero-order valence-corrected chi connectivity index (χ0v) is 15.3. The second-order valence-electron chi connectivity index (χ2n) is 5.21. The largest absolute Gasteiger partial charge is 0.426 e. The van der Waals surface area contributed by atoms with Crippen LogP contribution in [0.2, 0.25) is 0 Å². The summed E-state index contributed by atoms with van der Waals surface area (Å²) in [5.74, 6) is 0.518. The summed E-state index contributed by atoms with van der Waals surface area (Å²) in [4.78, 5) is 13.4. The molecule has 2 rings (SSSR count). The summed E-state index contributed by atoms with van der Waals surface area (Å²) in [5.41, 5.74) is 1.11. The first-order chi connectivity index (χ1) is 10.6. The van der Waals surface area contributed by atoms with Gasteiger partial charge in [0.2, 0.25) is 0 Å². The van der Waals surface area contributed by atoms with E-state index in [1.807, 2.05) is 30.3 Å². The summed E-state index contributed by atoms with van der Waals surface area (Å²) in [5, 5.41) is 0. The van der Waals surface area contributed by atoms with Crippen LogP contribution in [0.5, 0.6) is 5.75 Å². The Morgan fingerprint density at radius 3 is 2.27 bits per heavy atom. The average Bonchev–Trinajstić information content (AvgIpc) is 2.94. The van der Waals surface area contributed by atoms with Crippen molar-refractivity contribution in [1.82, 2.24) is 0 Å². The van der Waals surface area contributed by atoms with Crippen LogP contribution in [0.4, 0.5) is 0 Å². The van der Waals surface area contributed by atoms with Crippen LogP contribution in [0.3, 0.4) is 0 Å².